The van der Waals surface area contributed by atoms with Crippen LogP contribution in [0.4, 0.5) is 0 Å². The van der Waals surface area contributed by atoms with E-state index in [-0.39, 0.29) is 52.8 Å². The standard InChI is InChI=1S/C12H15BrN4O.K.H/c1-2-3-4-11(18)9-6-5-8(13)7-10(9)12-14-16-17-15-12;;/h5-7,11,18H,2-4H2,1H3,(H,14,15,16,17);;/q;+1;-1. The number of unbranched alkanes of at least 4 members (excludes halogenated alkanes) is 1. The Morgan fingerprint density at radius 1 is 1.47 bits per heavy atom. The Labute approximate surface area is 164 Å². The monoisotopic (exact) mass is 350 g/mol. The van der Waals surface area contributed by atoms with E-state index in [9.17, 15) is 5.11 Å². The molecular weight excluding hydrogens is 335 g/mol. The number of aromatic amines is 1. The van der Waals surface area contributed by atoms with Crippen molar-refractivity contribution in [3.05, 3.63) is 28.2 Å². The molecule has 0 amide bonds. The zero-order valence-corrected chi connectivity index (χ0v) is 15.8. The van der Waals surface area contributed by atoms with Crippen LogP contribution in [0.1, 0.15) is 39.3 Å². The van der Waals surface area contributed by atoms with Gasteiger partial charge < -0.3 is 6.53 Å². The van der Waals surface area contributed by atoms with Crippen LogP contribution >= 0.6 is 15.9 Å². The van der Waals surface area contributed by atoms with Gasteiger partial charge in [0.15, 0.2) is 0 Å². The number of nitrogens with zero attached hydrogens (tertiary/aromatic N) is 3. The Bertz CT molecular complexity index is 512. The second-order valence-electron chi connectivity index (χ2n) is 4.13. The summed E-state index contributed by atoms with van der Waals surface area (Å²) in [5, 5.41) is 24.2. The topological polar surface area (TPSA) is 74.7 Å². The minimum Gasteiger partial charge on any atom is -1.00 e. The van der Waals surface area contributed by atoms with Crippen molar-refractivity contribution in [2.75, 3.05) is 0 Å². The molecule has 1 heterocycles. The molecule has 1 aromatic heterocycles. The SMILES string of the molecule is CCCCC(O)c1ccc(Br)cc1-c1nn[nH]n1.[H-].[K+]. The van der Waals surface area contributed by atoms with Crippen molar-refractivity contribution in [1.29, 1.82) is 0 Å². The largest absolute Gasteiger partial charge is 1.00 e. The van der Waals surface area contributed by atoms with Crippen LogP contribution in [-0.2, 0) is 0 Å². The molecular formula is C12H16BrKN4O. The van der Waals surface area contributed by atoms with E-state index in [1.54, 1.807) is 0 Å². The average Bonchev–Trinajstić information content (AvgIpc) is 2.89. The van der Waals surface area contributed by atoms with Crippen LogP contribution in [0.2, 0.25) is 0 Å². The fraction of sp³-hybridized carbons (Fsp3) is 0.417. The quantitative estimate of drug-likeness (QED) is 0.742. The van der Waals surface area contributed by atoms with Gasteiger partial charge in [0, 0.05) is 10.0 Å². The van der Waals surface area contributed by atoms with Gasteiger partial charge in [0.25, 0.3) is 0 Å². The molecule has 0 bridgehead atoms. The summed E-state index contributed by atoms with van der Waals surface area (Å²) >= 11 is 3.42. The smallest absolute Gasteiger partial charge is 1.00 e. The molecule has 0 aliphatic heterocycles. The van der Waals surface area contributed by atoms with Crippen LogP contribution in [0.3, 0.4) is 0 Å². The third-order valence-electron chi connectivity index (χ3n) is 2.79. The number of halogens is 1. The van der Waals surface area contributed by atoms with Gasteiger partial charge in [-0.2, -0.15) is 5.21 Å². The molecule has 0 spiro atoms. The van der Waals surface area contributed by atoms with Gasteiger partial charge >= 0.3 is 51.4 Å². The minimum atomic E-state index is -0.494. The summed E-state index contributed by atoms with van der Waals surface area (Å²) in [4.78, 5) is 0. The van der Waals surface area contributed by atoms with Crippen LogP contribution in [0, 0.1) is 0 Å². The molecule has 98 valence electrons. The molecule has 0 aliphatic rings. The first-order valence-electron chi connectivity index (χ1n) is 5.93. The van der Waals surface area contributed by atoms with Gasteiger partial charge in [0.2, 0.25) is 5.82 Å². The maximum atomic E-state index is 10.2. The first-order chi connectivity index (χ1) is 8.72. The molecule has 0 aliphatic carbocycles. The molecule has 0 fully saturated rings. The molecule has 19 heavy (non-hydrogen) atoms. The number of aliphatic hydroxyl groups is 1. The van der Waals surface area contributed by atoms with E-state index in [1.165, 1.54) is 0 Å². The number of tetrazole rings is 1. The summed E-state index contributed by atoms with van der Waals surface area (Å²) in [5.74, 6) is 0.502. The average molecular weight is 351 g/mol. The normalized spacial score (nSPS) is 11.9. The van der Waals surface area contributed by atoms with Crippen molar-refractivity contribution in [2.45, 2.75) is 32.3 Å². The van der Waals surface area contributed by atoms with E-state index in [0.29, 0.717) is 5.82 Å². The van der Waals surface area contributed by atoms with Crippen LogP contribution in [0.5, 0.6) is 0 Å². The molecule has 0 radical (unpaired) electrons. The molecule has 1 aromatic carbocycles. The summed E-state index contributed by atoms with van der Waals surface area (Å²) in [6, 6.07) is 5.71. The summed E-state index contributed by atoms with van der Waals surface area (Å²) < 4.78 is 0.925. The summed E-state index contributed by atoms with van der Waals surface area (Å²) in [5.41, 5.74) is 1.65. The Kier molecular flexibility index (Phi) is 7.89. The molecule has 5 nitrogen and oxygen atoms in total. The van der Waals surface area contributed by atoms with Crippen molar-refractivity contribution in [1.82, 2.24) is 20.6 Å². The van der Waals surface area contributed by atoms with Gasteiger partial charge in [-0.05, 0) is 29.3 Å². The van der Waals surface area contributed by atoms with Gasteiger partial charge in [-0.1, -0.05) is 41.8 Å². The molecule has 2 rings (SSSR count). The Morgan fingerprint density at radius 2 is 2.26 bits per heavy atom. The third kappa shape index (κ3) is 4.70. The van der Waals surface area contributed by atoms with Crippen molar-refractivity contribution >= 4 is 15.9 Å². The molecule has 2 N–H and O–H groups in total. The van der Waals surface area contributed by atoms with Crippen LogP contribution in [-0.4, -0.2) is 25.7 Å². The Morgan fingerprint density at radius 3 is 2.89 bits per heavy atom. The first kappa shape index (κ1) is 17.4. The summed E-state index contributed by atoms with van der Waals surface area (Å²) in [6.07, 6.45) is 2.29. The Hall–Kier alpha value is 0.366. The van der Waals surface area contributed by atoms with E-state index < -0.39 is 6.10 Å². The number of rotatable bonds is 5. The van der Waals surface area contributed by atoms with Gasteiger partial charge in [0.1, 0.15) is 0 Å². The van der Waals surface area contributed by atoms with Crippen LogP contribution < -0.4 is 51.4 Å². The maximum Gasteiger partial charge on any atom is 1.00 e. The van der Waals surface area contributed by atoms with E-state index in [0.717, 1.165) is 34.9 Å². The number of hydrogen-bond donors (Lipinski definition) is 2. The van der Waals surface area contributed by atoms with Crippen molar-refractivity contribution < 1.29 is 57.9 Å². The predicted octanol–water partition coefficient (Wildman–Crippen LogP) is -0.0307. The number of aliphatic hydroxyl groups excluding tert-OH is 1. The molecule has 7 heteroatoms. The summed E-state index contributed by atoms with van der Waals surface area (Å²) in [7, 11) is 0. The number of nitrogens with one attached hydrogen (secondary N) is 1. The van der Waals surface area contributed by atoms with Crippen LogP contribution in [0.25, 0.3) is 11.4 Å². The maximum absolute atomic E-state index is 10.2. The van der Waals surface area contributed by atoms with Crippen molar-refractivity contribution in [2.24, 2.45) is 0 Å². The van der Waals surface area contributed by atoms with Crippen LogP contribution in [0.15, 0.2) is 22.7 Å². The fourth-order valence-corrected chi connectivity index (χ4v) is 2.20. The second-order valence-corrected chi connectivity index (χ2v) is 5.04. The minimum absolute atomic E-state index is 0. The number of aromatic nitrogens is 4. The molecule has 2 aromatic rings. The van der Waals surface area contributed by atoms with E-state index in [1.807, 2.05) is 18.2 Å². The molecule has 0 saturated carbocycles. The van der Waals surface area contributed by atoms with Gasteiger partial charge in [-0.25, -0.2) is 0 Å². The second kappa shape index (κ2) is 8.61. The first-order valence-corrected chi connectivity index (χ1v) is 6.73. The summed E-state index contributed by atoms with van der Waals surface area (Å²) in [6.45, 7) is 2.11. The van der Waals surface area contributed by atoms with E-state index in [4.69, 9.17) is 0 Å². The van der Waals surface area contributed by atoms with Crippen molar-refractivity contribution in [3.8, 4) is 11.4 Å². The van der Waals surface area contributed by atoms with Gasteiger partial charge in [-0.3, -0.25) is 0 Å². The number of benzene rings is 1. The third-order valence-corrected chi connectivity index (χ3v) is 3.28. The fourth-order valence-electron chi connectivity index (χ4n) is 1.84. The Balaban J connectivity index is 0.00000180. The van der Waals surface area contributed by atoms with Crippen molar-refractivity contribution in [3.63, 3.8) is 0 Å². The zero-order chi connectivity index (χ0) is 13.0. The number of hydrogen-bond acceptors (Lipinski definition) is 4. The van der Waals surface area contributed by atoms with Gasteiger partial charge in [0.05, 0.1) is 6.10 Å². The zero-order valence-electron chi connectivity index (χ0n) is 12.1. The molecule has 0 saturated heterocycles. The molecule has 1 atom stereocenters. The predicted molar refractivity (Wildman–Crippen MR) is 72.9 cm³/mol. The molecule has 1 unspecified atom stereocenters. The number of H-pyrrole nitrogens is 1. The van der Waals surface area contributed by atoms with Gasteiger partial charge in [-0.15, -0.1) is 10.2 Å². The van der Waals surface area contributed by atoms with E-state index >= 15 is 0 Å². The van der Waals surface area contributed by atoms with E-state index in [2.05, 4.69) is 43.5 Å².